The molecule has 26 heavy (non-hydrogen) atoms. The average molecular weight is 381 g/mol. The number of anilines is 1. The van der Waals surface area contributed by atoms with Gasteiger partial charge in [0.15, 0.2) is 0 Å². The first-order chi connectivity index (χ1) is 12.1. The molecule has 1 aromatic heterocycles. The highest BCUT2D eigenvalue weighted by Crippen LogP contribution is 2.29. The van der Waals surface area contributed by atoms with Crippen LogP contribution in [-0.2, 0) is 14.3 Å². The van der Waals surface area contributed by atoms with Gasteiger partial charge in [-0.15, -0.1) is 11.3 Å². The first kappa shape index (κ1) is 20.4. The summed E-state index contributed by atoms with van der Waals surface area (Å²) in [4.78, 5) is 39.1. The molecule has 1 fully saturated rings. The van der Waals surface area contributed by atoms with Crippen molar-refractivity contribution in [2.75, 3.05) is 25.0 Å². The Hall–Kier alpha value is -1.89. The highest BCUT2D eigenvalue weighted by atomic mass is 32.1. The third kappa shape index (κ3) is 4.84. The minimum Gasteiger partial charge on any atom is -0.462 e. The number of hydrogen-bond donors (Lipinski definition) is 1. The van der Waals surface area contributed by atoms with Crippen LogP contribution in [0.4, 0.5) is 5.00 Å². The van der Waals surface area contributed by atoms with Crippen LogP contribution in [0.25, 0.3) is 0 Å². The molecule has 0 radical (unpaired) electrons. The maximum atomic E-state index is 12.5. The number of thiophene rings is 1. The van der Waals surface area contributed by atoms with Crippen LogP contribution in [0.15, 0.2) is 6.07 Å². The third-order valence-corrected chi connectivity index (χ3v) is 5.55. The minimum absolute atomic E-state index is 0.0514. The lowest BCUT2D eigenvalue weighted by Crippen LogP contribution is -2.45. The standard InChI is InChI=1S/C19H28N2O4S/c1-6-25-17(23)15-12(2)11-14(26-15)20-16(22)13-7-9-21(10-8-13)18(24)19(3,4)5/h11,13H,6-10H2,1-5H3,(H,20,22). The molecular formula is C19H28N2O4S. The second kappa shape index (κ2) is 8.20. The number of esters is 1. The van der Waals surface area contributed by atoms with Gasteiger partial charge in [0.2, 0.25) is 11.8 Å². The highest BCUT2D eigenvalue weighted by Gasteiger charge is 2.32. The van der Waals surface area contributed by atoms with E-state index in [1.165, 1.54) is 11.3 Å². The Morgan fingerprint density at radius 3 is 2.42 bits per heavy atom. The van der Waals surface area contributed by atoms with Crippen molar-refractivity contribution in [1.29, 1.82) is 0 Å². The normalized spacial score (nSPS) is 15.7. The quantitative estimate of drug-likeness (QED) is 0.812. The number of nitrogens with one attached hydrogen (secondary N) is 1. The van der Waals surface area contributed by atoms with E-state index in [0.717, 1.165) is 5.56 Å². The van der Waals surface area contributed by atoms with Crippen molar-refractivity contribution in [3.63, 3.8) is 0 Å². The molecule has 1 saturated heterocycles. The summed E-state index contributed by atoms with van der Waals surface area (Å²) in [7, 11) is 0. The van der Waals surface area contributed by atoms with Gasteiger partial charge in [0.05, 0.1) is 11.6 Å². The van der Waals surface area contributed by atoms with Crippen LogP contribution in [0.3, 0.4) is 0 Å². The number of carbonyl (C=O) groups excluding carboxylic acids is 3. The van der Waals surface area contributed by atoms with Gasteiger partial charge >= 0.3 is 5.97 Å². The summed E-state index contributed by atoms with van der Waals surface area (Å²) in [6.07, 6.45) is 1.31. The molecule has 0 aromatic carbocycles. The van der Waals surface area contributed by atoms with Crippen LogP contribution in [0.2, 0.25) is 0 Å². The van der Waals surface area contributed by atoms with E-state index < -0.39 is 5.41 Å². The lowest BCUT2D eigenvalue weighted by atomic mass is 9.91. The minimum atomic E-state index is -0.396. The molecule has 0 unspecified atom stereocenters. The molecule has 0 spiro atoms. The zero-order valence-corrected chi connectivity index (χ0v) is 17.0. The Morgan fingerprint density at radius 2 is 1.88 bits per heavy atom. The van der Waals surface area contributed by atoms with E-state index in [0.29, 0.717) is 42.4 Å². The molecule has 0 bridgehead atoms. The Morgan fingerprint density at radius 1 is 1.27 bits per heavy atom. The number of amides is 2. The average Bonchev–Trinajstić information content (AvgIpc) is 2.94. The fourth-order valence-electron chi connectivity index (χ4n) is 2.99. The summed E-state index contributed by atoms with van der Waals surface area (Å²) in [5.41, 5.74) is 0.405. The van der Waals surface area contributed by atoms with Gasteiger partial charge in [0.1, 0.15) is 4.88 Å². The molecule has 0 atom stereocenters. The molecule has 1 aromatic rings. The van der Waals surface area contributed by atoms with E-state index in [-0.39, 0.29) is 23.7 Å². The summed E-state index contributed by atoms with van der Waals surface area (Å²) >= 11 is 1.24. The number of rotatable bonds is 4. The Kier molecular flexibility index (Phi) is 6.44. The molecule has 0 saturated carbocycles. The van der Waals surface area contributed by atoms with Crippen LogP contribution >= 0.6 is 11.3 Å². The lowest BCUT2D eigenvalue weighted by Gasteiger charge is -2.35. The number of hydrogen-bond acceptors (Lipinski definition) is 5. The summed E-state index contributed by atoms with van der Waals surface area (Å²) in [6, 6.07) is 1.80. The number of carbonyl (C=O) groups is 3. The van der Waals surface area contributed by atoms with E-state index in [4.69, 9.17) is 4.74 Å². The van der Waals surface area contributed by atoms with Crippen LogP contribution in [0.5, 0.6) is 0 Å². The van der Waals surface area contributed by atoms with Crippen molar-refractivity contribution in [3.8, 4) is 0 Å². The molecule has 2 heterocycles. The number of ether oxygens (including phenoxy) is 1. The van der Waals surface area contributed by atoms with Crippen molar-refractivity contribution in [3.05, 3.63) is 16.5 Å². The van der Waals surface area contributed by atoms with Gasteiger partial charge in [-0.3, -0.25) is 9.59 Å². The molecule has 2 rings (SSSR count). The van der Waals surface area contributed by atoms with Crippen molar-refractivity contribution in [2.45, 2.75) is 47.5 Å². The van der Waals surface area contributed by atoms with E-state index in [2.05, 4.69) is 5.32 Å². The van der Waals surface area contributed by atoms with Crippen LogP contribution < -0.4 is 5.32 Å². The Bertz CT molecular complexity index is 682. The number of likely N-dealkylation sites (tertiary alicyclic amines) is 1. The van der Waals surface area contributed by atoms with Crippen LogP contribution in [-0.4, -0.2) is 42.4 Å². The van der Waals surface area contributed by atoms with E-state index in [1.54, 1.807) is 13.0 Å². The summed E-state index contributed by atoms with van der Waals surface area (Å²) in [5, 5.41) is 3.57. The Labute approximate surface area is 158 Å². The zero-order valence-electron chi connectivity index (χ0n) is 16.2. The molecule has 1 aliphatic rings. The second-order valence-corrected chi connectivity index (χ2v) is 8.70. The highest BCUT2D eigenvalue weighted by molar-refractivity contribution is 7.18. The van der Waals surface area contributed by atoms with Gasteiger partial charge < -0.3 is 15.0 Å². The molecule has 7 heteroatoms. The maximum absolute atomic E-state index is 12.5. The van der Waals surface area contributed by atoms with Crippen molar-refractivity contribution in [1.82, 2.24) is 4.90 Å². The van der Waals surface area contributed by atoms with Crippen molar-refractivity contribution in [2.24, 2.45) is 11.3 Å². The van der Waals surface area contributed by atoms with Gasteiger partial charge in [0, 0.05) is 24.4 Å². The summed E-state index contributed by atoms with van der Waals surface area (Å²) < 4.78 is 5.03. The molecule has 0 aliphatic carbocycles. The maximum Gasteiger partial charge on any atom is 0.348 e. The molecule has 1 N–H and O–H groups in total. The SMILES string of the molecule is CCOC(=O)c1sc(NC(=O)C2CCN(C(=O)C(C)(C)C)CC2)cc1C. The number of piperidine rings is 1. The molecule has 1 aliphatic heterocycles. The lowest BCUT2D eigenvalue weighted by molar-refractivity contribution is -0.142. The molecule has 2 amide bonds. The van der Waals surface area contributed by atoms with Gasteiger partial charge in [-0.25, -0.2) is 4.79 Å². The van der Waals surface area contributed by atoms with Gasteiger partial charge in [-0.05, 0) is 38.3 Å². The monoisotopic (exact) mass is 380 g/mol. The van der Waals surface area contributed by atoms with E-state index in [9.17, 15) is 14.4 Å². The van der Waals surface area contributed by atoms with E-state index >= 15 is 0 Å². The molecule has 144 valence electrons. The van der Waals surface area contributed by atoms with Gasteiger partial charge in [-0.2, -0.15) is 0 Å². The first-order valence-corrected chi connectivity index (χ1v) is 9.83. The summed E-state index contributed by atoms with van der Waals surface area (Å²) in [6.45, 7) is 10.9. The Balaban J connectivity index is 1.93. The van der Waals surface area contributed by atoms with Crippen LogP contribution in [0, 0.1) is 18.3 Å². The summed E-state index contributed by atoms with van der Waals surface area (Å²) in [5.74, 6) is -0.397. The first-order valence-electron chi connectivity index (χ1n) is 9.01. The smallest absolute Gasteiger partial charge is 0.348 e. The zero-order chi connectivity index (χ0) is 19.5. The van der Waals surface area contributed by atoms with Crippen LogP contribution in [0.1, 0.15) is 55.8 Å². The molecule has 6 nitrogen and oxygen atoms in total. The second-order valence-electron chi connectivity index (χ2n) is 7.65. The van der Waals surface area contributed by atoms with Gasteiger partial charge in [0.25, 0.3) is 0 Å². The topological polar surface area (TPSA) is 75.7 Å². The number of nitrogens with zero attached hydrogens (tertiary/aromatic N) is 1. The fourth-order valence-corrected chi connectivity index (χ4v) is 3.96. The number of aryl methyl sites for hydroxylation is 1. The fraction of sp³-hybridized carbons (Fsp3) is 0.632. The third-order valence-electron chi connectivity index (χ3n) is 4.42. The molecular weight excluding hydrogens is 352 g/mol. The van der Waals surface area contributed by atoms with E-state index in [1.807, 2.05) is 32.6 Å². The predicted octanol–water partition coefficient (Wildman–Crippen LogP) is 3.46. The largest absolute Gasteiger partial charge is 0.462 e. The predicted molar refractivity (Wildman–Crippen MR) is 102 cm³/mol. The van der Waals surface area contributed by atoms with Gasteiger partial charge in [-0.1, -0.05) is 20.8 Å². The van der Waals surface area contributed by atoms with Crippen molar-refractivity contribution >= 4 is 34.1 Å². The van der Waals surface area contributed by atoms with Crippen molar-refractivity contribution < 1.29 is 19.1 Å².